The summed E-state index contributed by atoms with van der Waals surface area (Å²) in [6.07, 6.45) is 8.56. The summed E-state index contributed by atoms with van der Waals surface area (Å²) in [6, 6.07) is 0.793. The van der Waals surface area contributed by atoms with E-state index >= 15 is 0 Å². The number of hydrogen-bond acceptors (Lipinski definition) is 4. The number of guanidine groups is 1. The Balaban J connectivity index is 2.25. The molecule has 1 aliphatic carbocycles. The number of aliphatic imine (C=N–C) groups is 1. The van der Waals surface area contributed by atoms with Gasteiger partial charge in [-0.3, -0.25) is 4.99 Å². The minimum absolute atomic E-state index is 0.0759. The van der Waals surface area contributed by atoms with Crippen LogP contribution in [0.3, 0.4) is 0 Å². The highest BCUT2D eigenvalue weighted by molar-refractivity contribution is 7.90. The summed E-state index contributed by atoms with van der Waals surface area (Å²) < 4.78 is 22.4. The van der Waals surface area contributed by atoms with Crippen LogP contribution in [0, 0.1) is 0 Å². The summed E-state index contributed by atoms with van der Waals surface area (Å²) >= 11 is 0. The first-order chi connectivity index (χ1) is 10.8. The van der Waals surface area contributed by atoms with E-state index in [-0.39, 0.29) is 11.8 Å². The lowest BCUT2D eigenvalue weighted by molar-refractivity contribution is 0.194. The van der Waals surface area contributed by atoms with E-state index in [1.807, 2.05) is 6.92 Å². The van der Waals surface area contributed by atoms with Gasteiger partial charge < -0.3 is 15.5 Å². The molecule has 1 saturated carbocycles. The fourth-order valence-corrected chi connectivity index (χ4v) is 3.73. The third kappa shape index (κ3) is 9.15. The van der Waals surface area contributed by atoms with Crippen molar-refractivity contribution in [2.45, 2.75) is 57.5 Å². The highest BCUT2D eigenvalue weighted by Crippen LogP contribution is 2.21. The highest BCUT2D eigenvalue weighted by Gasteiger charge is 2.17. The largest absolute Gasteiger partial charge is 0.355 e. The summed E-state index contributed by atoms with van der Waals surface area (Å²) in [5, 5.41) is 6.56. The fourth-order valence-electron chi connectivity index (χ4n) is 2.95. The first-order valence-corrected chi connectivity index (χ1v) is 10.7. The van der Waals surface area contributed by atoms with E-state index in [0.29, 0.717) is 12.5 Å². The van der Waals surface area contributed by atoms with Crippen molar-refractivity contribution in [2.75, 3.05) is 39.2 Å². The van der Waals surface area contributed by atoms with Gasteiger partial charge in [0.15, 0.2) is 5.96 Å². The van der Waals surface area contributed by atoms with Crippen LogP contribution < -0.4 is 10.6 Å². The lowest BCUT2D eigenvalue weighted by Crippen LogP contribution is -2.46. The van der Waals surface area contributed by atoms with E-state index in [4.69, 9.17) is 0 Å². The van der Waals surface area contributed by atoms with Crippen molar-refractivity contribution in [1.29, 1.82) is 0 Å². The Hall–Kier alpha value is -0.820. The second-order valence-corrected chi connectivity index (χ2v) is 9.00. The molecule has 7 heteroatoms. The molecule has 1 atom stereocenters. The molecule has 1 rings (SSSR count). The molecule has 0 aliphatic heterocycles. The molecule has 1 fully saturated rings. The third-order valence-electron chi connectivity index (χ3n) is 4.48. The lowest BCUT2D eigenvalue weighted by atomic mass is 9.94. The predicted molar refractivity (Wildman–Crippen MR) is 97.8 cm³/mol. The van der Waals surface area contributed by atoms with Crippen molar-refractivity contribution in [3.8, 4) is 0 Å². The number of sulfone groups is 1. The van der Waals surface area contributed by atoms with Gasteiger partial charge in [0.25, 0.3) is 0 Å². The van der Waals surface area contributed by atoms with Gasteiger partial charge in [0.2, 0.25) is 0 Å². The Bertz CT molecular complexity index is 459. The summed E-state index contributed by atoms with van der Waals surface area (Å²) in [5.41, 5.74) is 0. The first-order valence-electron chi connectivity index (χ1n) is 8.67. The summed E-state index contributed by atoms with van der Waals surface area (Å²) in [7, 11) is 1.03. The van der Waals surface area contributed by atoms with Crippen LogP contribution in [0.1, 0.15) is 45.4 Å². The van der Waals surface area contributed by atoms with Crippen LogP contribution in [0.5, 0.6) is 0 Å². The average molecular weight is 347 g/mol. The number of rotatable bonds is 8. The van der Waals surface area contributed by atoms with Crippen molar-refractivity contribution in [3.63, 3.8) is 0 Å². The summed E-state index contributed by atoms with van der Waals surface area (Å²) in [5.74, 6) is 0.936. The van der Waals surface area contributed by atoms with Gasteiger partial charge in [0, 0.05) is 38.5 Å². The molecule has 1 aliphatic rings. The van der Waals surface area contributed by atoms with E-state index in [1.165, 1.54) is 38.4 Å². The number of hydrogen-bond donors (Lipinski definition) is 2. The molecular weight excluding hydrogens is 312 g/mol. The van der Waals surface area contributed by atoms with Crippen LogP contribution in [0.4, 0.5) is 0 Å². The van der Waals surface area contributed by atoms with Crippen LogP contribution in [0.2, 0.25) is 0 Å². The second-order valence-electron chi connectivity index (χ2n) is 6.74. The van der Waals surface area contributed by atoms with Crippen LogP contribution >= 0.6 is 0 Å². The molecule has 0 aromatic heterocycles. The molecule has 0 aromatic carbocycles. The van der Waals surface area contributed by atoms with E-state index < -0.39 is 9.84 Å². The Morgan fingerprint density at radius 2 is 1.96 bits per heavy atom. The lowest BCUT2D eigenvalue weighted by Gasteiger charge is -2.31. The van der Waals surface area contributed by atoms with Gasteiger partial charge in [-0.25, -0.2) is 8.42 Å². The maximum absolute atomic E-state index is 11.2. The molecule has 136 valence electrons. The molecule has 0 bridgehead atoms. The molecule has 0 spiro atoms. The van der Waals surface area contributed by atoms with Gasteiger partial charge in [-0.15, -0.1) is 0 Å². The SMILES string of the molecule is CN=C(NCCN(C)C1CCCCC1)NC(C)CCS(C)(=O)=O. The maximum Gasteiger partial charge on any atom is 0.191 e. The van der Waals surface area contributed by atoms with Gasteiger partial charge in [-0.05, 0) is 33.2 Å². The van der Waals surface area contributed by atoms with Crippen molar-refractivity contribution in [1.82, 2.24) is 15.5 Å². The summed E-state index contributed by atoms with van der Waals surface area (Å²) in [4.78, 5) is 6.65. The van der Waals surface area contributed by atoms with Gasteiger partial charge >= 0.3 is 0 Å². The molecule has 0 saturated heterocycles. The Labute approximate surface area is 142 Å². The number of nitrogens with zero attached hydrogens (tertiary/aromatic N) is 2. The molecule has 2 N–H and O–H groups in total. The monoisotopic (exact) mass is 346 g/mol. The molecule has 0 heterocycles. The van der Waals surface area contributed by atoms with Crippen molar-refractivity contribution in [3.05, 3.63) is 0 Å². The average Bonchev–Trinajstić information content (AvgIpc) is 2.52. The van der Waals surface area contributed by atoms with Crippen LogP contribution in [0.25, 0.3) is 0 Å². The van der Waals surface area contributed by atoms with Gasteiger partial charge in [-0.2, -0.15) is 0 Å². The van der Waals surface area contributed by atoms with Crippen LogP contribution in [-0.4, -0.2) is 70.6 Å². The molecule has 0 aromatic rings. The maximum atomic E-state index is 11.2. The topological polar surface area (TPSA) is 73.8 Å². The second kappa shape index (κ2) is 10.1. The van der Waals surface area contributed by atoms with E-state index in [2.05, 4.69) is 27.6 Å². The first kappa shape index (κ1) is 20.2. The van der Waals surface area contributed by atoms with Crippen LogP contribution in [0.15, 0.2) is 4.99 Å². The van der Waals surface area contributed by atoms with E-state index in [1.54, 1.807) is 7.05 Å². The third-order valence-corrected chi connectivity index (χ3v) is 5.46. The van der Waals surface area contributed by atoms with Gasteiger partial charge in [0.1, 0.15) is 9.84 Å². The standard InChI is InChI=1S/C16H34N4O2S/c1-14(10-13-23(4,21)22)19-16(17-2)18-11-12-20(3)15-8-6-5-7-9-15/h14-15H,5-13H2,1-4H3,(H2,17,18,19). The zero-order valence-electron chi connectivity index (χ0n) is 15.1. The van der Waals surface area contributed by atoms with Crippen molar-refractivity contribution >= 4 is 15.8 Å². The highest BCUT2D eigenvalue weighted by atomic mass is 32.2. The predicted octanol–water partition coefficient (Wildman–Crippen LogP) is 1.24. The van der Waals surface area contributed by atoms with Crippen LogP contribution in [-0.2, 0) is 9.84 Å². The number of likely N-dealkylation sites (N-methyl/N-ethyl adjacent to an activating group) is 1. The van der Waals surface area contributed by atoms with Gasteiger partial charge in [0.05, 0.1) is 5.75 Å². The minimum Gasteiger partial charge on any atom is -0.355 e. The molecule has 0 radical (unpaired) electrons. The molecular formula is C16H34N4O2S. The normalized spacial score (nSPS) is 18.9. The minimum atomic E-state index is -2.91. The van der Waals surface area contributed by atoms with Gasteiger partial charge in [-0.1, -0.05) is 19.3 Å². The Morgan fingerprint density at radius 3 is 2.52 bits per heavy atom. The van der Waals surface area contributed by atoms with E-state index in [0.717, 1.165) is 19.0 Å². The van der Waals surface area contributed by atoms with Crippen molar-refractivity contribution < 1.29 is 8.42 Å². The molecule has 23 heavy (non-hydrogen) atoms. The van der Waals surface area contributed by atoms with E-state index in [9.17, 15) is 8.42 Å². The zero-order chi connectivity index (χ0) is 17.3. The Morgan fingerprint density at radius 1 is 1.30 bits per heavy atom. The molecule has 1 unspecified atom stereocenters. The quantitative estimate of drug-likeness (QED) is 0.511. The Kier molecular flexibility index (Phi) is 8.91. The van der Waals surface area contributed by atoms with Crippen molar-refractivity contribution in [2.24, 2.45) is 4.99 Å². The fraction of sp³-hybridized carbons (Fsp3) is 0.938. The smallest absolute Gasteiger partial charge is 0.191 e. The molecule has 6 nitrogen and oxygen atoms in total. The summed E-state index contributed by atoms with van der Waals surface area (Å²) in [6.45, 7) is 3.81. The molecule has 0 amide bonds. The zero-order valence-corrected chi connectivity index (χ0v) is 16.0. The number of nitrogens with one attached hydrogen (secondary N) is 2.